The summed E-state index contributed by atoms with van der Waals surface area (Å²) in [6.07, 6.45) is 6.68. The van der Waals surface area contributed by atoms with Gasteiger partial charge in [0.25, 0.3) is 0 Å². The highest BCUT2D eigenvalue weighted by atomic mass is 15.3. The molecule has 1 aromatic heterocycles. The Balaban J connectivity index is 2.96. The standard InChI is InChI=1S/C9H14N4/c1-3-5-6-8-7(4-2)11-9(12-8)13-10/h4-6H,2-3,10H2,1H3,(H2,11,12,13)/b6-5-. The lowest BCUT2D eigenvalue weighted by Crippen LogP contribution is -2.07. The van der Waals surface area contributed by atoms with Gasteiger partial charge in [0.05, 0.1) is 11.4 Å². The van der Waals surface area contributed by atoms with Crippen molar-refractivity contribution in [1.82, 2.24) is 9.97 Å². The van der Waals surface area contributed by atoms with Crippen molar-refractivity contribution in [2.24, 2.45) is 5.84 Å². The normalized spacial score (nSPS) is 10.6. The fourth-order valence-corrected chi connectivity index (χ4v) is 0.987. The molecule has 4 heteroatoms. The molecule has 0 atom stereocenters. The van der Waals surface area contributed by atoms with E-state index >= 15 is 0 Å². The number of nitrogens with two attached hydrogens (primary N) is 1. The number of nitrogens with one attached hydrogen (secondary N) is 2. The number of hydrogen-bond acceptors (Lipinski definition) is 3. The monoisotopic (exact) mass is 178 g/mol. The number of hydrogen-bond donors (Lipinski definition) is 3. The third-order valence-electron chi connectivity index (χ3n) is 1.61. The third kappa shape index (κ3) is 2.19. The molecule has 0 amide bonds. The van der Waals surface area contributed by atoms with Gasteiger partial charge in [0.2, 0.25) is 5.95 Å². The lowest BCUT2D eigenvalue weighted by molar-refractivity contribution is 1.19. The van der Waals surface area contributed by atoms with Gasteiger partial charge in [0.15, 0.2) is 0 Å². The van der Waals surface area contributed by atoms with Crippen LogP contribution >= 0.6 is 0 Å². The summed E-state index contributed by atoms with van der Waals surface area (Å²) in [7, 11) is 0. The molecule has 0 aliphatic carbocycles. The summed E-state index contributed by atoms with van der Waals surface area (Å²) in [4.78, 5) is 7.15. The van der Waals surface area contributed by atoms with Crippen molar-refractivity contribution in [2.45, 2.75) is 13.3 Å². The van der Waals surface area contributed by atoms with Gasteiger partial charge in [0.1, 0.15) is 0 Å². The zero-order chi connectivity index (χ0) is 9.68. The molecule has 0 spiro atoms. The predicted molar refractivity (Wildman–Crippen MR) is 55.8 cm³/mol. The molecular weight excluding hydrogens is 164 g/mol. The van der Waals surface area contributed by atoms with Crippen molar-refractivity contribution in [3.05, 3.63) is 24.0 Å². The summed E-state index contributed by atoms with van der Waals surface area (Å²) in [6.45, 7) is 5.73. The molecule has 4 N–H and O–H groups in total. The highest BCUT2D eigenvalue weighted by molar-refractivity contribution is 5.61. The first-order chi connectivity index (χ1) is 6.31. The van der Waals surface area contributed by atoms with E-state index in [-0.39, 0.29) is 0 Å². The summed E-state index contributed by atoms with van der Waals surface area (Å²) in [5.41, 5.74) is 4.17. The van der Waals surface area contributed by atoms with E-state index in [9.17, 15) is 0 Å². The molecule has 0 saturated heterocycles. The van der Waals surface area contributed by atoms with Crippen molar-refractivity contribution in [3.8, 4) is 0 Å². The average molecular weight is 178 g/mol. The Morgan fingerprint density at radius 3 is 3.00 bits per heavy atom. The summed E-state index contributed by atoms with van der Waals surface area (Å²) < 4.78 is 0. The number of rotatable bonds is 4. The summed E-state index contributed by atoms with van der Waals surface area (Å²) >= 11 is 0. The number of imidazole rings is 1. The maximum atomic E-state index is 5.21. The SMILES string of the molecule is C=Cc1nc(NN)[nH]c1/C=C\CC. The van der Waals surface area contributed by atoms with Crippen LogP contribution in [0.1, 0.15) is 24.7 Å². The van der Waals surface area contributed by atoms with E-state index in [1.54, 1.807) is 6.08 Å². The van der Waals surface area contributed by atoms with E-state index in [4.69, 9.17) is 5.84 Å². The van der Waals surface area contributed by atoms with Crippen molar-refractivity contribution in [1.29, 1.82) is 0 Å². The highest BCUT2D eigenvalue weighted by Crippen LogP contribution is 2.12. The maximum Gasteiger partial charge on any atom is 0.215 e. The Kier molecular flexibility index (Phi) is 3.28. The van der Waals surface area contributed by atoms with Crippen LogP contribution in [-0.2, 0) is 0 Å². The second-order valence-corrected chi connectivity index (χ2v) is 2.54. The second-order valence-electron chi connectivity index (χ2n) is 2.54. The van der Waals surface area contributed by atoms with Gasteiger partial charge in [-0.3, -0.25) is 5.43 Å². The predicted octanol–water partition coefficient (Wildman–Crippen LogP) is 1.76. The van der Waals surface area contributed by atoms with E-state index in [1.807, 2.05) is 12.2 Å². The van der Waals surface area contributed by atoms with E-state index < -0.39 is 0 Å². The Labute approximate surface area is 77.5 Å². The van der Waals surface area contributed by atoms with Crippen LogP contribution in [0.15, 0.2) is 12.7 Å². The quantitative estimate of drug-likeness (QED) is 0.486. The van der Waals surface area contributed by atoms with Crippen molar-refractivity contribution >= 4 is 18.1 Å². The fourth-order valence-electron chi connectivity index (χ4n) is 0.987. The smallest absolute Gasteiger partial charge is 0.215 e. The van der Waals surface area contributed by atoms with Crippen LogP contribution in [0.5, 0.6) is 0 Å². The van der Waals surface area contributed by atoms with Crippen LogP contribution in [0.25, 0.3) is 12.2 Å². The molecule has 0 saturated carbocycles. The molecule has 1 heterocycles. The Hall–Kier alpha value is -1.55. The number of anilines is 1. The largest absolute Gasteiger partial charge is 0.323 e. The molecule has 0 bridgehead atoms. The zero-order valence-electron chi connectivity index (χ0n) is 7.67. The van der Waals surface area contributed by atoms with Gasteiger partial charge in [-0.05, 0) is 18.6 Å². The van der Waals surface area contributed by atoms with Gasteiger partial charge in [-0.15, -0.1) is 0 Å². The molecule has 4 nitrogen and oxygen atoms in total. The van der Waals surface area contributed by atoms with E-state index in [1.165, 1.54) is 0 Å². The van der Waals surface area contributed by atoms with Gasteiger partial charge >= 0.3 is 0 Å². The molecule has 0 aliphatic heterocycles. The number of nitrogens with zero attached hydrogens (tertiary/aromatic N) is 1. The van der Waals surface area contributed by atoms with Gasteiger partial charge in [-0.1, -0.05) is 19.6 Å². The van der Waals surface area contributed by atoms with Crippen LogP contribution < -0.4 is 11.3 Å². The molecule has 13 heavy (non-hydrogen) atoms. The van der Waals surface area contributed by atoms with Crippen LogP contribution in [0.3, 0.4) is 0 Å². The lowest BCUT2D eigenvalue weighted by Gasteiger charge is -1.88. The summed E-state index contributed by atoms with van der Waals surface area (Å²) in [6, 6.07) is 0. The molecule has 1 rings (SSSR count). The van der Waals surface area contributed by atoms with Gasteiger partial charge < -0.3 is 4.98 Å². The first kappa shape index (κ1) is 9.54. The van der Waals surface area contributed by atoms with Crippen LogP contribution in [0.2, 0.25) is 0 Å². The van der Waals surface area contributed by atoms with E-state index in [0.29, 0.717) is 5.95 Å². The van der Waals surface area contributed by atoms with Crippen LogP contribution in [0, 0.1) is 0 Å². The zero-order valence-corrected chi connectivity index (χ0v) is 7.67. The topological polar surface area (TPSA) is 66.7 Å². The molecule has 0 radical (unpaired) electrons. The molecule has 1 aromatic rings. The van der Waals surface area contributed by atoms with Crippen LogP contribution in [0.4, 0.5) is 5.95 Å². The van der Waals surface area contributed by atoms with E-state index in [2.05, 4.69) is 28.9 Å². The molecule has 0 fully saturated rings. The first-order valence-corrected chi connectivity index (χ1v) is 4.17. The minimum atomic E-state index is 0.547. The minimum Gasteiger partial charge on any atom is -0.323 e. The molecular formula is C9H14N4. The number of aromatic nitrogens is 2. The summed E-state index contributed by atoms with van der Waals surface area (Å²) in [5.74, 6) is 5.76. The number of aromatic amines is 1. The average Bonchev–Trinajstić information content (AvgIpc) is 2.57. The highest BCUT2D eigenvalue weighted by Gasteiger charge is 2.02. The Morgan fingerprint density at radius 1 is 1.69 bits per heavy atom. The number of hydrazine groups is 1. The second kappa shape index (κ2) is 4.47. The maximum absolute atomic E-state index is 5.21. The van der Waals surface area contributed by atoms with Crippen LogP contribution in [-0.4, -0.2) is 9.97 Å². The number of allylic oxidation sites excluding steroid dienone is 1. The molecule has 0 aromatic carbocycles. The summed E-state index contributed by atoms with van der Waals surface area (Å²) in [5, 5.41) is 0. The van der Waals surface area contributed by atoms with Gasteiger partial charge in [-0.25, -0.2) is 10.8 Å². The van der Waals surface area contributed by atoms with Gasteiger partial charge in [0, 0.05) is 0 Å². The van der Waals surface area contributed by atoms with Crippen molar-refractivity contribution in [3.63, 3.8) is 0 Å². The van der Waals surface area contributed by atoms with Crippen molar-refractivity contribution < 1.29 is 0 Å². The van der Waals surface area contributed by atoms with Gasteiger partial charge in [-0.2, -0.15) is 0 Å². The Morgan fingerprint density at radius 2 is 2.46 bits per heavy atom. The Bertz CT molecular complexity index is 311. The lowest BCUT2D eigenvalue weighted by atomic mass is 10.3. The third-order valence-corrected chi connectivity index (χ3v) is 1.61. The number of H-pyrrole nitrogens is 1. The first-order valence-electron chi connectivity index (χ1n) is 4.17. The van der Waals surface area contributed by atoms with Crippen molar-refractivity contribution in [2.75, 3.05) is 5.43 Å². The van der Waals surface area contributed by atoms with E-state index in [0.717, 1.165) is 17.8 Å². The minimum absolute atomic E-state index is 0.547. The molecule has 70 valence electrons. The number of nitrogen functional groups attached to an aromatic ring is 1. The fraction of sp³-hybridized carbons (Fsp3) is 0.222. The molecule has 0 unspecified atom stereocenters. The molecule has 0 aliphatic rings.